The van der Waals surface area contributed by atoms with Crippen molar-refractivity contribution in [3.05, 3.63) is 17.6 Å². The number of aryl methyl sites for hydroxylation is 1. The molecule has 5 heteroatoms. The lowest BCUT2D eigenvalue weighted by Gasteiger charge is -2.13. The SMILES string of the molecule is Cc1cc(NC(C)C(N)=O)nc(C(C)C)n1. The molecule has 3 N–H and O–H groups in total. The van der Waals surface area contributed by atoms with Crippen molar-refractivity contribution in [1.29, 1.82) is 0 Å². The Hall–Kier alpha value is -1.65. The van der Waals surface area contributed by atoms with E-state index in [1.165, 1.54) is 0 Å². The molecule has 0 aliphatic heterocycles. The molecule has 0 aliphatic carbocycles. The molecule has 0 aromatic carbocycles. The number of rotatable bonds is 4. The molecular formula is C11H18N4O. The van der Waals surface area contributed by atoms with Gasteiger partial charge in [-0.2, -0.15) is 0 Å². The Morgan fingerprint density at radius 2 is 2.00 bits per heavy atom. The molecule has 0 saturated carbocycles. The maximum absolute atomic E-state index is 10.9. The third-order valence-electron chi connectivity index (χ3n) is 2.18. The summed E-state index contributed by atoms with van der Waals surface area (Å²) in [6, 6.07) is 1.36. The first kappa shape index (κ1) is 12.4. The normalized spacial score (nSPS) is 12.6. The highest BCUT2D eigenvalue weighted by atomic mass is 16.1. The van der Waals surface area contributed by atoms with Gasteiger partial charge in [-0.05, 0) is 13.8 Å². The van der Waals surface area contributed by atoms with Crippen LogP contribution in [-0.4, -0.2) is 21.9 Å². The largest absolute Gasteiger partial charge is 0.368 e. The second-order valence-electron chi connectivity index (χ2n) is 4.18. The van der Waals surface area contributed by atoms with E-state index in [1.54, 1.807) is 13.0 Å². The monoisotopic (exact) mass is 222 g/mol. The zero-order valence-corrected chi connectivity index (χ0v) is 10.1. The van der Waals surface area contributed by atoms with E-state index in [0.29, 0.717) is 5.82 Å². The highest BCUT2D eigenvalue weighted by Gasteiger charge is 2.11. The highest BCUT2D eigenvalue weighted by Crippen LogP contribution is 2.14. The van der Waals surface area contributed by atoms with Crippen molar-refractivity contribution in [2.24, 2.45) is 5.73 Å². The van der Waals surface area contributed by atoms with Gasteiger partial charge in [-0.15, -0.1) is 0 Å². The molecule has 0 fully saturated rings. The van der Waals surface area contributed by atoms with Crippen LogP contribution in [0.15, 0.2) is 6.07 Å². The molecular weight excluding hydrogens is 204 g/mol. The first-order chi connectivity index (χ1) is 7.40. The first-order valence-electron chi connectivity index (χ1n) is 5.31. The quantitative estimate of drug-likeness (QED) is 0.802. The second-order valence-corrected chi connectivity index (χ2v) is 4.18. The molecule has 0 bridgehead atoms. The molecule has 16 heavy (non-hydrogen) atoms. The third-order valence-corrected chi connectivity index (χ3v) is 2.18. The van der Waals surface area contributed by atoms with Gasteiger partial charge in [0.1, 0.15) is 17.7 Å². The van der Waals surface area contributed by atoms with Gasteiger partial charge in [0.2, 0.25) is 5.91 Å². The molecule has 5 nitrogen and oxygen atoms in total. The molecule has 1 amide bonds. The van der Waals surface area contributed by atoms with Crippen molar-refractivity contribution < 1.29 is 4.79 Å². The zero-order chi connectivity index (χ0) is 12.3. The number of carbonyl (C=O) groups excluding carboxylic acids is 1. The topological polar surface area (TPSA) is 80.9 Å². The number of hydrogen-bond acceptors (Lipinski definition) is 4. The molecule has 1 atom stereocenters. The zero-order valence-electron chi connectivity index (χ0n) is 10.1. The van der Waals surface area contributed by atoms with E-state index in [4.69, 9.17) is 5.73 Å². The third kappa shape index (κ3) is 3.18. The van der Waals surface area contributed by atoms with Gasteiger partial charge in [0.25, 0.3) is 0 Å². The van der Waals surface area contributed by atoms with Gasteiger partial charge in [0, 0.05) is 17.7 Å². The molecule has 0 aliphatic rings. The fourth-order valence-electron chi connectivity index (χ4n) is 1.22. The first-order valence-corrected chi connectivity index (χ1v) is 5.31. The Morgan fingerprint density at radius 1 is 1.38 bits per heavy atom. The Kier molecular flexibility index (Phi) is 3.82. The number of nitrogens with one attached hydrogen (secondary N) is 1. The predicted octanol–water partition coefficient (Wildman–Crippen LogP) is 1.19. The van der Waals surface area contributed by atoms with Gasteiger partial charge in [-0.25, -0.2) is 9.97 Å². The minimum absolute atomic E-state index is 0.254. The average molecular weight is 222 g/mol. The molecule has 1 heterocycles. The van der Waals surface area contributed by atoms with Gasteiger partial charge in [-0.1, -0.05) is 13.8 Å². The summed E-state index contributed by atoms with van der Waals surface area (Å²) in [6.45, 7) is 7.65. The van der Waals surface area contributed by atoms with E-state index in [2.05, 4.69) is 15.3 Å². The van der Waals surface area contributed by atoms with Crippen molar-refractivity contribution in [2.75, 3.05) is 5.32 Å². The maximum atomic E-state index is 10.9. The van der Waals surface area contributed by atoms with Gasteiger partial charge in [0.15, 0.2) is 0 Å². The summed E-state index contributed by atoms with van der Waals surface area (Å²) in [5.41, 5.74) is 6.05. The fraction of sp³-hybridized carbons (Fsp3) is 0.545. The maximum Gasteiger partial charge on any atom is 0.239 e. The summed E-state index contributed by atoms with van der Waals surface area (Å²) in [5.74, 6) is 1.26. The number of amides is 1. The van der Waals surface area contributed by atoms with E-state index < -0.39 is 11.9 Å². The molecule has 0 saturated heterocycles. The van der Waals surface area contributed by atoms with Crippen molar-refractivity contribution in [3.63, 3.8) is 0 Å². The standard InChI is InChI=1S/C11H18N4O/c1-6(2)11-13-7(3)5-9(15-11)14-8(4)10(12)16/h5-6,8H,1-4H3,(H2,12,16)(H,13,14,15). The molecule has 1 unspecified atom stereocenters. The number of anilines is 1. The van der Waals surface area contributed by atoms with Crippen LogP contribution in [0.1, 0.15) is 38.2 Å². The van der Waals surface area contributed by atoms with Gasteiger partial charge in [-0.3, -0.25) is 4.79 Å². The van der Waals surface area contributed by atoms with Crippen LogP contribution in [0.2, 0.25) is 0 Å². The smallest absolute Gasteiger partial charge is 0.239 e. The summed E-state index contributed by atoms with van der Waals surface area (Å²) in [5, 5.41) is 2.95. The molecule has 0 radical (unpaired) electrons. The molecule has 1 aromatic rings. The van der Waals surface area contributed by atoms with Crippen molar-refractivity contribution >= 4 is 11.7 Å². The van der Waals surface area contributed by atoms with E-state index >= 15 is 0 Å². The Balaban J connectivity index is 2.92. The van der Waals surface area contributed by atoms with Crippen molar-refractivity contribution in [3.8, 4) is 0 Å². The molecule has 0 spiro atoms. The van der Waals surface area contributed by atoms with Crippen LogP contribution in [0.5, 0.6) is 0 Å². The van der Waals surface area contributed by atoms with E-state index in [-0.39, 0.29) is 5.92 Å². The van der Waals surface area contributed by atoms with E-state index in [1.807, 2.05) is 20.8 Å². The Labute approximate surface area is 95.5 Å². The van der Waals surface area contributed by atoms with Gasteiger partial charge in [0.05, 0.1) is 0 Å². The van der Waals surface area contributed by atoms with Crippen LogP contribution in [0.25, 0.3) is 0 Å². The average Bonchev–Trinajstić information content (AvgIpc) is 2.16. The summed E-state index contributed by atoms with van der Waals surface area (Å²) in [4.78, 5) is 19.6. The van der Waals surface area contributed by atoms with E-state index in [0.717, 1.165) is 11.5 Å². The van der Waals surface area contributed by atoms with Crippen molar-refractivity contribution in [1.82, 2.24) is 9.97 Å². The number of nitrogens with zero attached hydrogens (tertiary/aromatic N) is 2. The highest BCUT2D eigenvalue weighted by molar-refractivity contribution is 5.82. The number of nitrogens with two attached hydrogens (primary N) is 1. The summed E-state index contributed by atoms with van der Waals surface area (Å²) >= 11 is 0. The number of hydrogen-bond donors (Lipinski definition) is 2. The fourth-order valence-corrected chi connectivity index (χ4v) is 1.22. The number of primary amides is 1. The summed E-state index contributed by atoms with van der Waals surface area (Å²) in [7, 11) is 0. The van der Waals surface area contributed by atoms with Crippen LogP contribution in [0.4, 0.5) is 5.82 Å². The van der Waals surface area contributed by atoms with Crippen LogP contribution in [0.3, 0.4) is 0 Å². The van der Waals surface area contributed by atoms with Gasteiger partial charge >= 0.3 is 0 Å². The van der Waals surface area contributed by atoms with E-state index in [9.17, 15) is 4.79 Å². The minimum Gasteiger partial charge on any atom is -0.368 e. The number of aromatic nitrogens is 2. The molecule has 1 rings (SSSR count). The lowest BCUT2D eigenvalue weighted by molar-refractivity contribution is -0.118. The lowest BCUT2D eigenvalue weighted by atomic mass is 10.2. The summed E-state index contributed by atoms with van der Waals surface area (Å²) in [6.07, 6.45) is 0. The summed E-state index contributed by atoms with van der Waals surface area (Å²) < 4.78 is 0. The van der Waals surface area contributed by atoms with Crippen LogP contribution >= 0.6 is 0 Å². The Morgan fingerprint density at radius 3 is 2.50 bits per heavy atom. The van der Waals surface area contributed by atoms with Crippen LogP contribution in [-0.2, 0) is 4.79 Å². The molecule has 88 valence electrons. The van der Waals surface area contributed by atoms with Crippen LogP contribution in [0, 0.1) is 6.92 Å². The second kappa shape index (κ2) is 4.92. The molecule has 1 aromatic heterocycles. The number of carbonyl (C=O) groups is 1. The lowest BCUT2D eigenvalue weighted by Crippen LogP contribution is -2.32. The predicted molar refractivity (Wildman–Crippen MR) is 63.1 cm³/mol. The Bertz CT molecular complexity index is 390. The van der Waals surface area contributed by atoms with Gasteiger partial charge < -0.3 is 11.1 Å². The minimum atomic E-state index is -0.436. The van der Waals surface area contributed by atoms with Crippen LogP contribution < -0.4 is 11.1 Å². The van der Waals surface area contributed by atoms with Crippen molar-refractivity contribution in [2.45, 2.75) is 39.7 Å².